The monoisotopic (exact) mass is 290 g/mol. The molecule has 96 valence electrons. The summed E-state index contributed by atoms with van der Waals surface area (Å²) in [5.74, 6) is 0. The lowest BCUT2D eigenvalue weighted by Crippen LogP contribution is -1.96. The molecule has 0 saturated heterocycles. The van der Waals surface area contributed by atoms with E-state index in [-0.39, 0.29) is 0 Å². The van der Waals surface area contributed by atoms with Gasteiger partial charge in [0.15, 0.2) is 0 Å². The van der Waals surface area contributed by atoms with Crippen molar-refractivity contribution >= 4 is 22.9 Å². The number of imidazole rings is 1. The van der Waals surface area contributed by atoms with Crippen LogP contribution in [-0.2, 0) is 0 Å². The van der Waals surface area contributed by atoms with Gasteiger partial charge < -0.3 is 5.11 Å². The summed E-state index contributed by atoms with van der Waals surface area (Å²) in [6.07, 6.45) is 4.73. The Balaban J connectivity index is 1.88. The van der Waals surface area contributed by atoms with Crippen LogP contribution in [0.3, 0.4) is 0 Å². The van der Waals surface area contributed by atoms with E-state index in [1.807, 2.05) is 35.0 Å². The highest BCUT2D eigenvalue weighted by molar-refractivity contribution is 7.14. The summed E-state index contributed by atoms with van der Waals surface area (Å²) in [4.78, 5) is 4.91. The number of aliphatic hydroxyl groups excluding tert-OH is 1. The molecular weight excluding hydrogens is 280 g/mol. The first-order valence-corrected chi connectivity index (χ1v) is 6.95. The first kappa shape index (κ1) is 12.4. The summed E-state index contributed by atoms with van der Waals surface area (Å²) in [5.41, 5.74) is 0.837. The third kappa shape index (κ3) is 2.56. The van der Waals surface area contributed by atoms with Crippen LogP contribution in [-0.4, -0.2) is 14.7 Å². The van der Waals surface area contributed by atoms with Crippen LogP contribution in [0, 0.1) is 0 Å². The first-order valence-electron chi connectivity index (χ1n) is 5.75. The molecule has 0 aliphatic rings. The molecule has 0 saturated carbocycles. The molecule has 0 fully saturated rings. The number of hydrogen-bond donors (Lipinski definition) is 1. The van der Waals surface area contributed by atoms with Crippen molar-refractivity contribution in [2.24, 2.45) is 0 Å². The maximum Gasteiger partial charge on any atom is 0.113 e. The fourth-order valence-electron chi connectivity index (χ4n) is 1.83. The minimum atomic E-state index is -0.625. The summed E-state index contributed by atoms with van der Waals surface area (Å²) >= 11 is 7.38. The van der Waals surface area contributed by atoms with Crippen molar-refractivity contribution in [3.05, 3.63) is 70.6 Å². The Bertz CT molecular complexity index is 661. The second-order valence-electron chi connectivity index (χ2n) is 4.10. The van der Waals surface area contributed by atoms with E-state index in [4.69, 9.17) is 11.6 Å². The summed E-state index contributed by atoms with van der Waals surface area (Å²) < 4.78 is 1.92. The lowest BCUT2D eigenvalue weighted by Gasteiger charge is -2.08. The van der Waals surface area contributed by atoms with E-state index in [9.17, 15) is 5.11 Å². The van der Waals surface area contributed by atoms with Crippen molar-refractivity contribution in [3.63, 3.8) is 0 Å². The quantitative estimate of drug-likeness (QED) is 0.799. The van der Waals surface area contributed by atoms with Crippen LogP contribution < -0.4 is 0 Å². The van der Waals surface area contributed by atoms with Crippen LogP contribution in [0.1, 0.15) is 16.5 Å². The second-order valence-corrected chi connectivity index (χ2v) is 5.63. The number of hydrogen-bond acceptors (Lipinski definition) is 3. The zero-order valence-corrected chi connectivity index (χ0v) is 11.5. The van der Waals surface area contributed by atoms with Crippen molar-refractivity contribution in [1.29, 1.82) is 0 Å². The number of thiophene rings is 1. The molecule has 3 rings (SSSR count). The normalized spacial score (nSPS) is 12.5. The molecule has 1 aromatic carbocycles. The number of aliphatic hydroxyl groups is 1. The topological polar surface area (TPSA) is 38.0 Å². The van der Waals surface area contributed by atoms with Gasteiger partial charge in [-0.25, -0.2) is 4.98 Å². The molecule has 0 bridgehead atoms. The zero-order valence-electron chi connectivity index (χ0n) is 9.90. The van der Waals surface area contributed by atoms with Gasteiger partial charge in [0.1, 0.15) is 11.1 Å². The van der Waals surface area contributed by atoms with Crippen molar-refractivity contribution in [2.75, 3.05) is 0 Å². The predicted molar refractivity (Wildman–Crippen MR) is 77.0 cm³/mol. The lowest BCUT2D eigenvalue weighted by atomic mass is 10.1. The highest BCUT2D eigenvalue weighted by Crippen LogP contribution is 2.30. The van der Waals surface area contributed by atoms with Crippen molar-refractivity contribution in [1.82, 2.24) is 9.55 Å². The second kappa shape index (κ2) is 5.17. The van der Waals surface area contributed by atoms with Gasteiger partial charge in [-0.3, -0.25) is 4.57 Å². The van der Waals surface area contributed by atoms with Crippen molar-refractivity contribution in [3.8, 4) is 5.00 Å². The average molecular weight is 291 g/mol. The van der Waals surface area contributed by atoms with Gasteiger partial charge in [-0.15, -0.1) is 11.3 Å². The molecule has 3 aromatic rings. The number of rotatable bonds is 3. The van der Waals surface area contributed by atoms with Gasteiger partial charge in [-0.2, -0.15) is 0 Å². The van der Waals surface area contributed by atoms with Gasteiger partial charge >= 0.3 is 0 Å². The molecular formula is C14H11ClN2OS. The Labute approximate surface area is 119 Å². The summed E-state index contributed by atoms with van der Waals surface area (Å²) in [5, 5.41) is 12.0. The maximum atomic E-state index is 10.3. The smallest absolute Gasteiger partial charge is 0.113 e. The molecule has 0 amide bonds. The molecule has 0 radical (unpaired) electrons. The minimum Gasteiger partial charge on any atom is -0.383 e. The lowest BCUT2D eigenvalue weighted by molar-refractivity contribution is 0.224. The van der Waals surface area contributed by atoms with E-state index in [0.29, 0.717) is 5.02 Å². The zero-order chi connectivity index (χ0) is 13.2. The fraction of sp³-hybridized carbons (Fsp3) is 0.0714. The SMILES string of the molecule is OC(c1ccc(Cl)cc1)c1ccc(-n2ccnc2)s1. The van der Waals surface area contributed by atoms with Crippen LogP contribution in [0.2, 0.25) is 5.02 Å². The molecule has 1 N–H and O–H groups in total. The molecule has 1 atom stereocenters. The highest BCUT2D eigenvalue weighted by atomic mass is 35.5. The fourth-order valence-corrected chi connectivity index (χ4v) is 2.93. The summed E-state index contributed by atoms with van der Waals surface area (Å²) in [7, 11) is 0. The van der Waals surface area contributed by atoms with Gasteiger partial charge in [0, 0.05) is 22.3 Å². The maximum absolute atomic E-state index is 10.3. The van der Waals surface area contributed by atoms with E-state index in [2.05, 4.69) is 4.98 Å². The number of halogens is 1. The van der Waals surface area contributed by atoms with Gasteiger partial charge in [0.25, 0.3) is 0 Å². The van der Waals surface area contributed by atoms with Gasteiger partial charge in [0.2, 0.25) is 0 Å². The average Bonchev–Trinajstić information content (AvgIpc) is 3.10. The molecule has 2 aromatic heterocycles. The molecule has 0 spiro atoms. The Kier molecular flexibility index (Phi) is 3.38. The van der Waals surface area contributed by atoms with Crippen LogP contribution in [0.4, 0.5) is 0 Å². The molecule has 3 nitrogen and oxygen atoms in total. The van der Waals surface area contributed by atoms with Crippen LogP contribution >= 0.6 is 22.9 Å². The van der Waals surface area contributed by atoms with E-state index >= 15 is 0 Å². The van der Waals surface area contributed by atoms with Crippen molar-refractivity contribution < 1.29 is 5.11 Å². The largest absolute Gasteiger partial charge is 0.383 e. The van der Waals surface area contributed by atoms with Gasteiger partial charge in [-0.05, 0) is 29.8 Å². The number of nitrogens with zero attached hydrogens (tertiary/aromatic N) is 2. The highest BCUT2D eigenvalue weighted by Gasteiger charge is 2.13. The van der Waals surface area contributed by atoms with E-state index in [1.54, 1.807) is 24.7 Å². The molecule has 19 heavy (non-hydrogen) atoms. The van der Waals surface area contributed by atoms with Crippen LogP contribution in [0.15, 0.2) is 55.1 Å². The standard InChI is InChI=1S/C14H11ClN2OS/c15-11-3-1-10(2-4-11)14(18)12-5-6-13(19-12)17-8-7-16-9-17/h1-9,14,18H. The van der Waals surface area contributed by atoms with E-state index in [1.165, 1.54) is 11.3 Å². The molecule has 1 unspecified atom stereocenters. The molecule has 0 aliphatic heterocycles. The third-order valence-electron chi connectivity index (χ3n) is 2.83. The van der Waals surface area contributed by atoms with E-state index < -0.39 is 6.10 Å². The van der Waals surface area contributed by atoms with Crippen LogP contribution in [0.5, 0.6) is 0 Å². The Morgan fingerprint density at radius 2 is 1.95 bits per heavy atom. The van der Waals surface area contributed by atoms with Gasteiger partial charge in [-0.1, -0.05) is 23.7 Å². The molecule has 0 aliphatic carbocycles. The molecule has 5 heteroatoms. The molecule has 2 heterocycles. The predicted octanol–water partition coefficient (Wildman–Crippen LogP) is 3.67. The first-order chi connectivity index (χ1) is 9.24. The summed E-state index contributed by atoms with van der Waals surface area (Å²) in [6.45, 7) is 0. The Hall–Kier alpha value is -1.62. The van der Waals surface area contributed by atoms with E-state index in [0.717, 1.165) is 15.4 Å². The summed E-state index contributed by atoms with van der Waals surface area (Å²) in [6, 6.07) is 11.1. The Morgan fingerprint density at radius 3 is 2.63 bits per heavy atom. The third-order valence-corrected chi connectivity index (χ3v) is 4.23. The number of benzene rings is 1. The minimum absolute atomic E-state index is 0.625. The number of aromatic nitrogens is 2. The van der Waals surface area contributed by atoms with Crippen molar-refractivity contribution in [2.45, 2.75) is 6.10 Å². The van der Waals surface area contributed by atoms with Crippen LogP contribution in [0.25, 0.3) is 5.00 Å². The Morgan fingerprint density at radius 1 is 1.16 bits per heavy atom. The van der Waals surface area contributed by atoms with Gasteiger partial charge in [0.05, 0.1) is 6.33 Å².